The topological polar surface area (TPSA) is 80.9 Å². The van der Waals surface area contributed by atoms with Gasteiger partial charge in [0, 0.05) is 6.61 Å². The van der Waals surface area contributed by atoms with E-state index in [1.807, 2.05) is 6.92 Å². The molecule has 4 fully saturated rings. The fourth-order valence-electron chi connectivity index (χ4n) is 9.26. The Morgan fingerprint density at radius 3 is 2.31 bits per heavy atom. The van der Waals surface area contributed by atoms with Crippen LogP contribution in [-0.4, -0.2) is 45.3 Å². The number of aliphatic hydroxyl groups excluding tert-OH is 4. The van der Waals surface area contributed by atoms with E-state index >= 15 is 0 Å². The van der Waals surface area contributed by atoms with Crippen molar-refractivity contribution in [3.63, 3.8) is 0 Å². The fourth-order valence-corrected chi connectivity index (χ4v) is 9.26. The third-order valence-corrected chi connectivity index (χ3v) is 11.3. The molecule has 4 rings (SSSR count). The van der Waals surface area contributed by atoms with Gasteiger partial charge in [0.25, 0.3) is 0 Å². The molecule has 0 aromatic rings. The molecule has 0 heterocycles. The maximum absolute atomic E-state index is 11.4. The molecular weight excluding hydrogens is 400 g/mol. The first kappa shape index (κ1) is 24.7. The molecule has 4 saturated carbocycles. The Bertz CT molecular complexity index is 693. The van der Waals surface area contributed by atoms with Crippen LogP contribution in [0.1, 0.15) is 85.5 Å². The number of aliphatic hydroxyl groups is 4. The molecule has 4 nitrogen and oxygen atoms in total. The van der Waals surface area contributed by atoms with Gasteiger partial charge < -0.3 is 20.4 Å². The summed E-state index contributed by atoms with van der Waals surface area (Å²) < 4.78 is 0. The van der Waals surface area contributed by atoms with Crippen LogP contribution in [0.15, 0.2) is 12.2 Å². The van der Waals surface area contributed by atoms with E-state index in [1.165, 1.54) is 12.8 Å². The van der Waals surface area contributed by atoms with Crippen molar-refractivity contribution < 1.29 is 20.4 Å². The zero-order valence-electron chi connectivity index (χ0n) is 20.8. The van der Waals surface area contributed by atoms with Gasteiger partial charge in [0.05, 0.1) is 18.3 Å². The van der Waals surface area contributed by atoms with Crippen molar-refractivity contribution in [2.45, 2.75) is 104 Å². The summed E-state index contributed by atoms with van der Waals surface area (Å²) in [7, 11) is 0. The maximum atomic E-state index is 11.4. The molecular formula is C28H48O4. The number of rotatable bonds is 6. The van der Waals surface area contributed by atoms with Gasteiger partial charge in [-0.3, -0.25) is 0 Å². The normalized spacial score (nSPS) is 50.1. The van der Waals surface area contributed by atoms with Gasteiger partial charge in [-0.1, -0.05) is 39.8 Å². The van der Waals surface area contributed by atoms with E-state index < -0.39 is 0 Å². The smallest absolute Gasteiger partial charge is 0.0579 e. The van der Waals surface area contributed by atoms with Crippen molar-refractivity contribution in [1.82, 2.24) is 0 Å². The van der Waals surface area contributed by atoms with E-state index in [0.717, 1.165) is 50.5 Å². The predicted octanol–water partition coefficient (Wildman–Crippen LogP) is 4.55. The lowest BCUT2D eigenvalue weighted by Crippen LogP contribution is -2.59. The highest BCUT2D eigenvalue weighted by molar-refractivity contribution is 5.13. The molecule has 4 N–H and O–H groups in total. The summed E-state index contributed by atoms with van der Waals surface area (Å²) in [6.45, 7) is 13.6. The van der Waals surface area contributed by atoms with Crippen LogP contribution in [-0.2, 0) is 0 Å². The Kier molecular flexibility index (Phi) is 6.93. The van der Waals surface area contributed by atoms with Crippen LogP contribution in [0.3, 0.4) is 0 Å². The van der Waals surface area contributed by atoms with Gasteiger partial charge in [-0.25, -0.2) is 0 Å². The molecule has 0 bridgehead atoms. The third kappa shape index (κ3) is 3.91. The fraction of sp³-hybridized carbons (Fsp3) is 0.929. The van der Waals surface area contributed by atoms with Crippen molar-refractivity contribution in [2.75, 3.05) is 6.61 Å². The Morgan fingerprint density at radius 1 is 0.938 bits per heavy atom. The van der Waals surface area contributed by atoms with Crippen LogP contribution in [0, 0.1) is 52.3 Å². The first-order valence-corrected chi connectivity index (χ1v) is 13.4. The van der Waals surface area contributed by atoms with Gasteiger partial charge in [0.1, 0.15) is 0 Å². The molecule has 6 unspecified atom stereocenters. The number of hydrogen-bond acceptors (Lipinski definition) is 4. The second-order valence-corrected chi connectivity index (χ2v) is 12.9. The molecule has 0 aromatic heterocycles. The Labute approximate surface area is 195 Å². The van der Waals surface area contributed by atoms with E-state index in [0.29, 0.717) is 23.7 Å². The quantitative estimate of drug-likeness (QED) is 0.450. The molecule has 0 aliphatic heterocycles. The number of fused-ring (bicyclic) bond motifs is 5. The molecule has 4 aliphatic carbocycles. The molecule has 0 saturated heterocycles. The third-order valence-electron chi connectivity index (χ3n) is 11.3. The summed E-state index contributed by atoms with van der Waals surface area (Å²) in [6.07, 6.45) is 7.73. The predicted molar refractivity (Wildman–Crippen MR) is 128 cm³/mol. The minimum absolute atomic E-state index is 0.0878. The van der Waals surface area contributed by atoms with Gasteiger partial charge in [-0.2, -0.15) is 0 Å². The van der Waals surface area contributed by atoms with Crippen LogP contribution in [0.25, 0.3) is 0 Å². The summed E-state index contributed by atoms with van der Waals surface area (Å²) in [5, 5.41) is 42.3. The van der Waals surface area contributed by atoms with Crippen LogP contribution < -0.4 is 0 Å². The second-order valence-electron chi connectivity index (χ2n) is 12.9. The van der Waals surface area contributed by atoms with Crippen molar-refractivity contribution in [3.05, 3.63) is 12.2 Å². The van der Waals surface area contributed by atoms with Gasteiger partial charge in [-0.15, -0.1) is 0 Å². The Morgan fingerprint density at radius 2 is 1.62 bits per heavy atom. The maximum Gasteiger partial charge on any atom is 0.0579 e. The lowest BCUT2D eigenvalue weighted by molar-refractivity contribution is -0.181. The van der Waals surface area contributed by atoms with Gasteiger partial charge in [0.15, 0.2) is 0 Å². The molecule has 4 heteroatoms. The van der Waals surface area contributed by atoms with Crippen molar-refractivity contribution >= 4 is 0 Å². The van der Waals surface area contributed by atoms with E-state index in [4.69, 9.17) is 0 Å². The summed E-state index contributed by atoms with van der Waals surface area (Å²) in [4.78, 5) is 0. The van der Waals surface area contributed by atoms with Gasteiger partial charge >= 0.3 is 0 Å². The molecule has 32 heavy (non-hydrogen) atoms. The van der Waals surface area contributed by atoms with Crippen molar-refractivity contribution in [1.29, 1.82) is 0 Å². The SMILES string of the molecule is C=C(CC[C@@H](C)C1CC(O)C2C3C[C@@H](O)C4C[C@@H](O)CC[C@]4(C)C3CC[C@@]21C)[C@H](C)CO. The van der Waals surface area contributed by atoms with Crippen molar-refractivity contribution in [2.24, 2.45) is 52.3 Å². The lowest BCUT2D eigenvalue weighted by Gasteiger charge is -2.62. The molecule has 0 radical (unpaired) electrons. The Hall–Kier alpha value is -0.420. The lowest BCUT2D eigenvalue weighted by atomic mass is 9.43. The van der Waals surface area contributed by atoms with Crippen molar-refractivity contribution in [3.8, 4) is 0 Å². The molecule has 12 atom stereocenters. The monoisotopic (exact) mass is 448 g/mol. The highest BCUT2D eigenvalue weighted by atomic mass is 16.3. The highest BCUT2D eigenvalue weighted by Gasteiger charge is 2.64. The zero-order valence-corrected chi connectivity index (χ0v) is 20.8. The minimum Gasteiger partial charge on any atom is -0.396 e. The van der Waals surface area contributed by atoms with E-state index in [9.17, 15) is 20.4 Å². The first-order valence-electron chi connectivity index (χ1n) is 13.4. The van der Waals surface area contributed by atoms with E-state index in [2.05, 4.69) is 27.4 Å². The first-order chi connectivity index (χ1) is 15.0. The van der Waals surface area contributed by atoms with Gasteiger partial charge in [-0.05, 0) is 110 Å². The Balaban J connectivity index is 1.52. The van der Waals surface area contributed by atoms with Crippen LogP contribution >= 0.6 is 0 Å². The second kappa shape index (κ2) is 8.98. The number of hydrogen-bond donors (Lipinski definition) is 4. The highest BCUT2D eigenvalue weighted by Crippen LogP contribution is 2.68. The average Bonchev–Trinajstić information content (AvgIpc) is 3.03. The average molecular weight is 449 g/mol. The molecule has 184 valence electrons. The zero-order chi connectivity index (χ0) is 23.4. The standard InChI is InChI=1S/C28H48O4/c1-16(18(3)15-29)6-7-17(2)22-14-25(32)26-20-13-24(31)23-12-19(30)8-10-27(23,4)21(20)9-11-28(22,26)5/h17-26,29-32H,1,6-15H2,2-5H3/t17-,18-,19+,20?,21?,22?,23?,24-,25?,26?,27-,28-/m1/s1. The van der Waals surface area contributed by atoms with Crippen LogP contribution in [0.5, 0.6) is 0 Å². The summed E-state index contributed by atoms with van der Waals surface area (Å²) in [6, 6.07) is 0. The molecule has 0 amide bonds. The minimum atomic E-state index is -0.356. The summed E-state index contributed by atoms with van der Waals surface area (Å²) >= 11 is 0. The summed E-state index contributed by atoms with van der Waals surface area (Å²) in [5.74, 6) is 2.57. The van der Waals surface area contributed by atoms with E-state index in [1.54, 1.807) is 0 Å². The molecule has 0 aromatic carbocycles. The largest absolute Gasteiger partial charge is 0.396 e. The van der Waals surface area contributed by atoms with Gasteiger partial charge in [0.2, 0.25) is 0 Å². The summed E-state index contributed by atoms with van der Waals surface area (Å²) in [5.41, 5.74) is 1.35. The van der Waals surface area contributed by atoms with E-state index in [-0.39, 0.29) is 53.5 Å². The molecule has 4 aliphatic rings. The molecule has 0 spiro atoms. The van der Waals surface area contributed by atoms with Crippen LogP contribution in [0.4, 0.5) is 0 Å². The van der Waals surface area contributed by atoms with Crippen LogP contribution in [0.2, 0.25) is 0 Å².